The number of benzene rings is 3. The molecule has 36 heavy (non-hydrogen) atoms. The van der Waals surface area contributed by atoms with Gasteiger partial charge in [-0.15, -0.1) is 0 Å². The van der Waals surface area contributed by atoms with Crippen LogP contribution in [0.1, 0.15) is 5.56 Å². The SMILES string of the molecule is NC(=O)C(Cc1ccccc1)N1C(=O)C(F)(F)Oc2cc(F)c(-c3c(F)c(F)c(F)c(F)c3F)cc21. The second-order valence-corrected chi connectivity index (χ2v) is 7.65. The Bertz CT molecular complexity index is 1370. The standard InChI is InChI=1S/C23H12F8N2O3/c24-11-8-14-12(7-10(11)15-16(25)18(27)20(29)19(28)17(15)26)33(22(35)23(30,31)36-14)13(21(32)34)6-9-4-2-1-3-5-9/h1-5,7-8,13H,6H2,(H2,32,34). The van der Waals surface area contributed by atoms with Crippen LogP contribution in [0.4, 0.5) is 40.8 Å². The van der Waals surface area contributed by atoms with E-state index in [2.05, 4.69) is 4.74 Å². The number of anilines is 1. The number of amides is 2. The molecule has 1 atom stereocenters. The minimum Gasteiger partial charge on any atom is -0.423 e. The zero-order valence-corrected chi connectivity index (χ0v) is 17.6. The predicted octanol–water partition coefficient (Wildman–Crippen LogP) is 4.60. The van der Waals surface area contributed by atoms with E-state index in [0.29, 0.717) is 11.6 Å². The highest BCUT2D eigenvalue weighted by Crippen LogP contribution is 2.45. The Morgan fingerprint density at radius 3 is 2.03 bits per heavy atom. The molecule has 5 nitrogen and oxygen atoms in total. The zero-order valence-electron chi connectivity index (χ0n) is 17.6. The lowest BCUT2D eigenvalue weighted by Crippen LogP contribution is -2.58. The molecule has 3 aromatic rings. The van der Waals surface area contributed by atoms with Gasteiger partial charge in [-0.25, -0.2) is 26.3 Å². The van der Waals surface area contributed by atoms with Crippen LogP contribution in [0.3, 0.4) is 0 Å². The molecule has 0 fully saturated rings. The van der Waals surface area contributed by atoms with Crippen molar-refractivity contribution in [1.82, 2.24) is 0 Å². The molecule has 188 valence electrons. The Morgan fingerprint density at radius 1 is 0.917 bits per heavy atom. The molecule has 0 aromatic heterocycles. The molecule has 0 saturated heterocycles. The van der Waals surface area contributed by atoms with E-state index in [4.69, 9.17) is 5.73 Å². The Morgan fingerprint density at radius 2 is 1.47 bits per heavy atom. The lowest BCUT2D eigenvalue weighted by atomic mass is 9.98. The van der Waals surface area contributed by atoms with Crippen molar-refractivity contribution in [2.45, 2.75) is 18.6 Å². The number of primary amides is 1. The molecule has 0 bridgehead atoms. The number of alkyl halides is 2. The number of fused-ring (bicyclic) bond motifs is 1. The summed E-state index contributed by atoms with van der Waals surface area (Å²) in [5.74, 6) is -18.3. The summed E-state index contributed by atoms with van der Waals surface area (Å²) in [5.41, 5.74) is 1.89. The van der Waals surface area contributed by atoms with Crippen molar-refractivity contribution in [3.05, 3.63) is 82.9 Å². The molecule has 1 aliphatic rings. The Labute approximate surface area is 196 Å². The van der Waals surface area contributed by atoms with E-state index in [1.165, 1.54) is 24.3 Å². The van der Waals surface area contributed by atoms with Crippen molar-refractivity contribution < 1.29 is 49.4 Å². The van der Waals surface area contributed by atoms with Crippen molar-refractivity contribution in [1.29, 1.82) is 0 Å². The fourth-order valence-corrected chi connectivity index (χ4v) is 3.74. The summed E-state index contributed by atoms with van der Waals surface area (Å²) in [6.07, 6.45) is -5.04. The van der Waals surface area contributed by atoms with Gasteiger partial charge >= 0.3 is 12.0 Å². The van der Waals surface area contributed by atoms with Crippen LogP contribution in [0.15, 0.2) is 42.5 Å². The van der Waals surface area contributed by atoms with Crippen molar-refractivity contribution in [2.24, 2.45) is 5.73 Å². The molecular formula is C23H12F8N2O3. The number of carbonyl (C=O) groups excluding carboxylic acids is 2. The fourth-order valence-electron chi connectivity index (χ4n) is 3.74. The van der Waals surface area contributed by atoms with Gasteiger partial charge in [-0.05, 0) is 11.6 Å². The maximum atomic E-state index is 14.8. The fraction of sp³-hybridized carbons (Fsp3) is 0.130. The van der Waals surface area contributed by atoms with Gasteiger partial charge < -0.3 is 10.5 Å². The van der Waals surface area contributed by atoms with E-state index in [-0.39, 0.29) is 11.0 Å². The molecule has 0 spiro atoms. The summed E-state index contributed by atoms with van der Waals surface area (Å²) in [5, 5.41) is 0. The van der Waals surface area contributed by atoms with E-state index >= 15 is 0 Å². The number of nitrogens with zero attached hydrogens (tertiary/aromatic N) is 1. The van der Waals surface area contributed by atoms with Crippen LogP contribution in [0.25, 0.3) is 11.1 Å². The Hall–Kier alpha value is -4.16. The van der Waals surface area contributed by atoms with Crippen LogP contribution in [0.5, 0.6) is 5.75 Å². The maximum Gasteiger partial charge on any atom is 0.483 e. The number of halogens is 8. The predicted molar refractivity (Wildman–Crippen MR) is 108 cm³/mol. The third kappa shape index (κ3) is 3.99. The molecule has 0 saturated carbocycles. The molecule has 0 radical (unpaired) electrons. The monoisotopic (exact) mass is 516 g/mol. The zero-order chi connectivity index (χ0) is 26.5. The number of rotatable bonds is 5. The topological polar surface area (TPSA) is 72.6 Å². The molecule has 1 heterocycles. The van der Waals surface area contributed by atoms with Crippen molar-refractivity contribution in [3.63, 3.8) is 0 Å². The molecule has 2 amide bonds. The average Bonchev–Trinajstić information content (AvgIpc) is 2.82. The van der Waals surface area contributed by atoms with Crippen LogP contribution in [0.2, 0.25) is 0 Å². The van der Waals surface area contributed by atoms with E-state index in [1.807, 2.05) is 0 Å². The first-order valence-electron chi connectivity index (χ1n) is 9.94. The van der Waals surface area contributed by atoms with Crippen LogP contribution >= 0.6 is 0 Å². The molecule has 0 aliphatic carbocycles. The first kappa shape index (κ1) is 24.9. The highest BCUT2D eigenvalue weighted by molar-refractivity contribution is 6.06. The summed E-state index contributed by atoms with van der Waals surface area (Å²) in [6, 6.07) is 6.30. The van der Waals surface area contributed by atoms with Crippen LogP contribution in [-0.2, 0) is 16.0 Å². The lowest BCUT2D eigenvalue weighted by Gasteiger charge is -2.37. The largest absolute Gasteiger partial charge is 0.483 e. The third-order valence-corrected chi connectivity index (χ3v) is 5.41. The summed E-state index contributed by atoms with van der Waals surface area (Å²) < 4.78 is 117. The van der Waals surface area contributed by atoms with Gasteiger partial charge in [0.25, 0.3) is 0 Å². The number of nitrogens with two attached hydrogens (primary N) is 1. The normalized spacial score (nSPS) is 15.3. The van der Waals surface area contributed by atoms with E-state index in [0.717, 1.165) is 0 Å². The second kappa shape index (κ2) is 8.81. The molecule has 4 rings (SSSR count). The lowest BCUT2D eigenvalue weighted by molar-refractivity contribution is -0.193. The van der Waals surface area contributed by atoms with Crippen molar-refractivity contribution in [2.75, 3.05) is 4.90 Å². The van der Waals surface area contributed by atoms with Gasteiger partial charge in [-0.3, -0.25) is 14.5 Å². The molecule has 13 heteroatoms. The summed E-state index contributed by atoms with van der Waals surface area (Å²) in [6.45, 7) is 0. The van der Waals surface area contributed by atoms with Gasteiger partial charge in [0.15, 0.2) is 29.0 Å². The third-order valence-electron chi connectivity index (χ3n) is 5.41. The quantitative estimate of drug-likeness (QED) is 0.306. The molecule has 1 unspecified atom stereocenters. The Balaban J connectivity index is 1.96. The van der Waals surface area contributed by atoms with Crippen LogP contribution < -0.4 is 15.4 Å². The summed E-state index contributed by atoms with van der Waals surface area (Å²) >= 11 is 0. The number of ether oxygens (including phenoxy) is 1. The minimum atomic E-state index is -4.62. The summed E-state index contributed by atoms with van der Waals surface area (Å²) in [4.78, 5) is 25.0. The molecule has 2 N–H and O–H groups in total. The summed E-state index contributed by atoms with van der Waals surface area (Å²) in [7, 11) is 0. The highest BCUT2D eigenvalue weighted by Gasteiger charge is 2.53. The number of carbonyl (C=O) groups is 2. The van der Waals surface area contributed by atoms with E-state index in [1.54, 1.807) is 6.07 Å². The first-order valence-corrected chi connectivity index (χ1v) is 9.94. The van der Waals surface area contributed by atoms with Crippen molar-refractivity contribution >= 4 is 17.5 Å². The van der Waals surface area contributed by atoms with Crippen molar-refractivity contribution in [3.8, 4) is 16.9 Å². The smallest absolute Gasteiger partial charge is 0.423 e. The van der Waals surface area contributed by atoms with Gasteiger partial charge in [-0.2, -0.15) is 8.78 Å². The number of hydrogen-bond donors (Lipinski definition) is 1. The maximum absolute atomic E-state index is 14.8. The van der Waals surface area contributed by atoms with Gasteiger partial charge in [0.2, 0.25) is 11.7 Å². The van der Waals surface area contributed by atoms with E-state index < -0.39 is 87.9 Å². The van der Waals surface area contributed by atoms with Crippen LogP contribution in [0, 0.1) is 34.9 Å². The van der Waals surface area contributed by atoms with Gasteiger partial charge in [0.05, 0.1) is 11.3 Å². The average molecular weight is 516 g/mol. The molecule has 3 aromatic carbocycles. The first-order chi connectivity index (χ1) is 16.8. The highest BCUT2D eigenvalue weighted by atomic mass is 19.3. The van der Waals surface area contributed by atoms with Gasteiger partial charge in [-0.1, -0.05) is 30.3 Å². The van der Waals surface area contributed by atoms with Gasteiger partial charge in [0, 0.05) is 18.1 Å². The van der Waals surface area contributed by atoms with Crippen LogP contribution in [-0.4, -0.2) is 24.0 Å². The second-order valence-electron chi connectivity index (χ2n) is 7.65. The number of hydrogen-bond acceptors (Lipinski definition) is 3. The molecular weight excluding hydrogens is 504 g/mol. The Kier molecular flexibility index (Phi) is 6.10. The minimum absolute atomic E-state index is 0.142. The van der Waals surface area contributed by atoms with Gasteiger partial charge in [0.1, 0.15) is 11.9 Å². The molecule has 1 aliphatic heterocycles. The van der Waals surface area contributed by atoms with E-state index in [9.17, 15) is 44.7 Å².